The highest BCUT2D eigenvalue weighted by Gasteiger charge is 2.20. The fraction of sp³-hybridized carbons (Fsp3) is 0.500. The highest BCUT2D eigenvalue weighted by atomic mass is 79.9. The molecule has 19 heavy (non-hydrogen) atoms. The number of rotatable bonds is 3. The minimum absolute atomic E-state index is 0.309. The lowest BCUT2D eigenvalue weighted by atomic mass is 10.2. The van der Waals surface area contributed by atoms with E-state index in [1.807, 2.05) is 0 Å². The predicted molar refractivity (Wildman–Crippen MR) is 77.8 cm³/mol. The summed E-state index contributed by atoms with van der Waals surface area (Å²) in [6, 6.07) is 1.61. The molecular formula is C12H16BrNO4S. The van der Waals surface area contributed by atoms with Crippen molar-refractivity contribution in [2.75, 3.05) is 11.9 Å². The number of hydrogen-bond acceptors (Lipinski definition) is 5. The van der Waals surface area contributed by atoms with Crippen LogP contribution in [0.25, 0.3) is 0 Å². The van der Waals surface area contributed by atoms with Gasteiger partial charge in [0, 0.05) is 0 Å². The zero-order valence-corrected chi connectivity index (χ0v) is 13.6. The monoisotopic (exact) mass is 349 g/mol. The van der Waals surface area contributed by atoms with E-state index in [0.717, 1.165) is 11.3 Å². The number of ether oxygens (including phenoxy) is 2. The van der Waals surface area contributed by atoms with Crippen LogP contribution in [-0.4, -0.2) is 24.3 Å². The molecular weight excluding hydrogens is 334 g/mol. The lowest BCUT2D eigenvalue weighted by Gasteiger charge is -2.19. The van der Waals surface area contributed by atoms with E-state index in [9.17, 15) is 9.59 Å². The molecule has 1 rings (SSSR count). The SMILES string of the molecule is CCOC(=O)c1cc(Br)c(NC(=O)OC(C)(C)C)s1. The van der Waals surface area contributed by atoms with E-state index in [4.69, 9.17) is 9.47 Å². The van der Waals surface area contributed by atoms with Crippen LogP contribution in [0.2, 0.25) is 0 Å². The van der Waals surface area contributed by atoms with Crippen molar-refractivity contribution in [1.82, 2.24) is 0 Å². The van der Waals surface area contributed by atoms with Gasteiger partial charge in [0.2, 0.25) is 0 Å². The first-order valence-electron chi connectivity index (χ1n) is 5.69. The van der Waals surface area contributed by atoms with Crippen LogP contribution in [0.15, 0.2) is 10.5 Å². The van der Waals surface area contributed by atoms with Crippen molar-refractivity contribution in [3.05, 3.63) is 15.4 Å². The van der Waals surface area contributed by atoms with Gasteiger partial charge in [0.15, 0.2) is 0 Å². The van der Waals surface area contributed by atoms with E-state index in [-0.39, 0.29) is 0 Å². The fourth-order valence-electron chi connectivity index (χ4n) is 1.15. The molecule has 0 bridgehead atoms. The third-order valence-corrected chi connectivity index (χ3v) is 3.70. The first-order chi connectivity index (χ1) is 8.73. The maximum absolute atomic E-state index is 11.6. The summed E-state index contributed by atoms with van der Waals surface area (Å²) in [5.41, 5.74) is -0.572. The quantitative estimate of drug-likeness (QED) is 0.836. The minimum Gasteiger partial charge on any atom is -0.462 e. The Morgan fingerprint density at radius 2 is 2.05 bits per heavy atom. The Kier molecular flexibility index (Phi) is 5.37. The van der Waals surface area contributed by atoms with E-state index in [0.29, 0.717) is 21.0 Å². The molecule has 1 aromatic rings. The summed E-state index contributed by atoms with van der Waals surface area (Å²) in [7, 11) is 0. The van der Waals surface area contributed by atoms with Crippen LogP contribution in [0.4, 0.5) is 9.80 Å². The average Bonchev–Trinajstić information content (AvgIpc) is 2.58. The van der Waals surface area contributed by atoms with Crippen LogP contribution in [0.5, 0.6) is 0 Å². The number of esters is 1. The van der Waals surface area contributed by atoms with Gasteiger partial charge in [0.1, 0.15) is 15.5 Å². The summed E-state index contributed by atoms with van der Waals surface area (Å²) in [6.45, 7) is 7.38. The Morgan fingerprint density at radius 3 is 2.58 bits per heavy atom. The summed E-state index contributed by atoms with van der Waals surface area (Å²) in [6.07, 6.45) is -0.564. The molecule has 0 aromatic carbocycles. The molecule has 7 heteroatoms. The number of hydrogen-bond donors (Lipinski definition) is 1. The van der Waals surface area contributed by atoms with Gasteiger partial charge in [-0.1, -0.05) is 0 Å². The second-order valence-electron chi connectivity index (χ2n) is 4.64. The lowest BCUT2D eigenvalue weighted by molar-refractivity contribution is 0.0531. The summed E-state index contributed by atoms with van der Waals surface area (Å²) in [4.78, 5) is 23.6. The number of nitrogens with one attached hydrogen (secondary N) is 1. The molecule has 0 saturated heterocycles. The number of amides is 1. The van der Waals surface area contributed by atoms with Gasteiger partial charge in [0.25, 0.3) is 0 Å². The van der Waals surface area contributed by atoms with Crippen LogP contribution in [0, 0.1) is 0 Å². The Morgan fingerprint density at radius 1 is 1.42 bits per heavy atom. The topological polar surface area (TPSA) is 64.6 Å². The van der Waals surface area contributed by atoms with Crippen molar-refractivity contribution in [2.45, 2.75) is 33.3 Å². The standard InChI is InChI=1S/C12H16BrNO4S/c1-5-17-10(15)8-6-7(13)9(19-8)14-11(16)18-12(2,3)4/h6H,5H2,1-4H3,(H,14,16). The number of carbonyl (C=O) groups is 2. The molecule has 106 valence electrons. The van der Waals surface area contributed by atoms with Crippen LogP contribution in [-0.2, 0) is 9.47 Å². The van der Waals surface area contributed by atoms with E-state index in [1.54, 1.807) is 33.8 Å². The van der Waals surface area contributed by atoms with Gasteiger partial charge in [-0.15, -0.1) is 11.3 Å². The molecule has 1 N–H and O–H groups in total. The van der Waals surface area contributed by atoms with Gasteiger partial charge in [0.05, 0.1) is 11.1 Å². The molecule has 0 aliphatic heterocycles. The number of carbonyl (C=O) groups excluding carboxylic acids is 2. The Bertz CT molecular complexity index is 479. The molecule has 5 nitrogen and oxygen atoms in total. The van der Waals surface area contributed by atoms with Gasteiger partial charge in [-0.3, -0.25) is 5.32 Å². The van der Waals surface area contributed by atoms with Gasteiger partial charge < -0.3 is 9.47 Å². The number of halogens is 1. The molecule has 0 saturated carbocycles. The zero-order chi connectivity index (χ0) is 14.6. The van der Waals surface area contributed by atoms with Crippen molar-refractivity contribution in [3.63, 3.8) is 0 Å². The number of thiophene rings is 1. The Balaban J connectivity index is 2.75. The fourth-order valence-corrected chi connectivity index (χ4v) is 2.71. The summed E-state index contributed by atoms with van der Waals surface area (Å²) in [5, 5.41) is 3.10. The molecule has 0 radical (unpaired) electrons. The maximum Gasteiger partial charge on any atom is 0.412 e. The first-order valence-corrected chi connectivity index (χ1v) is 7.30. The summed E-state index contributed by atoms with van der Waals surface area (Å²) < 4.78 is 10.6. The molecule has 0 unspecified atom stereocenters. The molecule has 1 aromatic heterocycles. The highest BCUT2D eigenvalue weighted by molar-refractivity contribution is 9.10. The Hall–Kier alpha value is -1.08. The molecule has 0 aliphatic rings. The van der Waals surface area contributed by atoms with Gasteiger partial charge >= 0.3 is 12.1 Å². The smallest absolute Gasteiger partial charge is 0.412 e. The van der Waals surface area contributed by atoms with E-state index >= 15 is 0 Å². The molecule has 0 fully saturated rings. The lowest BCUT2D eigenvalue weighted by Crippen LogP contribution is -2.27. The van der Waals surface area contributed by atoms with Crippen LogP contribution < -0.4 is 5.32 Å². The third-order valence-electron chi connectivity index (χ3n) is 1.78. The third kappa shape index (κ3) is 5.20. The van der Waals surface area contributed by atoms with Gasteiger partial charge in [-0.25, -0.2) is 9.59 Å². The Labute approximate surface area is 124 Å². The van der Waals surface area contributed by atoms with Crippen molar-refractivity contribution in [1.29, 1.82) is 0 Å². The zero-order valence-electron chi connectivity index (χ0n) is 11.2. The van der Waals surface area contributed by atoms with E-state index < -0.39 is 17.7 Å². The predicted octanol–water partition coefficient (Wildman–Crippen LogP) is 4.03. The minimum atomic E-state index is -0.572. The second-order valence-corrected chi connectivity index (χ2v) is 6.54. The first kappa shape index (κ1) is 16.0. The van der Waals surface area contributed by atoms with E-state index in [1.165, 1.54) is 0 Å². The van der Waals surface area contributed by atoms with Crippen molar-refractivity contribution >= 4 is 44.3 Å². The molecule has 0 aliphatic carbocycles. The molecule has 1 amide bonds. The largest absolute Gasteiger partial charge is 0.462 e. The average molecular weight is 350 g/mol. The van der Waals surface area contributed by atoms with E-state index in [2.05, 4.69) is 21.2 Å². The van der Waals surface area contributed by atoms with Crippen LogP contribution in [0.3, 0.4) is 0 Å². The number of anilines is 1. The van der Waals surface area contributed by atoms with Gasteiger partial charge in [-0.05, 0) is 49.7 Å². The van der Waals surface area contributed by atoms with Crippen molar-refractivity contribution in [3.8, 4) is 0 Å². The van der Waals surface area contributed by atoms with Crippen molar-refractivity contribution < 1.29 is 19.1 Å². The molecule has 0 spiro atoms. The second kappa shape index (κ2) is 6.38. The molecule has 0 atom stereocenters. The summed E-state index contributed by atoms with van der Waals surface area (Å²) in [5.74, 6) is -0.412. The normalized spacial score (nSPS) is 11.0. The summed E-state index contributed by atoms with van der Waals surface area (Å²) >= 11 is 4.41. The van der Waals surface area contributed by atoms with Crippen LogP contribution >= 0.6 is 27.3 Å². The van der Waals surface area contributed by atoms with Crippen LogP contribution in [0.1, 0.15) is 37.4 Å². The highest BCUT2D eigenvalue weighted by Crippen LogP contribution is 2.33. The van der Waals surface area contributed by atoms with Gasteiger partial charge in [-0.2, -0.15) is 0 Å². The maximum atomic E-state index is 11.6. The molecule has 1 heterocycles. The van der Waals surface area contributed by atoms with Crippen molar-refractivity contribution in [2.24, 2.45) is 0 Å².